The molecule has 0 bridgehead atoms. The summed E-state index contributed by atoms with van der Waals surface area (Å²) in [5.74, 6) is 1.68. The van der Waals surface area contributed by atoms with E-state index in [1.54, 1.807) is 0 Å². The topological polar surface area (TPSA) is 73.0 Å². The fraction of sp³-hybridized carbons (Fsp3) is 0.435. The summed E-state index contributed by atoms with van der Waals surface area (Å²) in [6.07, 6.45) is 3.48. The van der Waals surface area contributed by atoms with Crippen LogP contribution in [0.25, 0.3) is 11.5 Å². The lowest BCUT2D eigenvalue weighted by atomic mass is 9.85. The molecule has 1 N–H and O–H groups in total. The van der Waals surface area contributed by atoms with Gasteiger partial charge in [0.2, 0.25) is 17.7 Å². The molecule has 0 saturated heterocycles. The average Bonchev–Trinajstić information content (AvgIpc) is 3.21. The number of aryl methyl sites for hydroxylation is 3. The van der Waals surface area contributed by atoms with E-state index in [2.05, 4.69) is 47.6 Å². The summed E-state index contributed by atoms with van der Waals surface area (Å²) in [4.78, 5) is 12.5. The van der Waals surface area contributed by atoms with Crippen molar-refractivity contribution in [3.8, 4) is 11.5 Å². The molecule has 1 saturated carbocycles. The Kier molecular flexibility index (Phi) is 5.26. The summed E-state index contributed by atoms with van der Waals surface area (Å²) >= 11 is 0. The minimum absolute atomic E-state index is 0.0164. The monoisotopic (exact) mass is 392 g/mol. The normalized spacial score (nSPS) is 14.1. The molecule has 0 unspecified atom stereocenters. The van der Waals surface area contributed by atoms with E-state index in [-0.39, 0.29) is 12.5 Å². The van der Waals surface area contributed by atoms with Gasteiger partial charge in [-0.15, -0.1) is 10.2 Å². The third-order valence-corrected chi connectivity index (χ3v) is 6.06. The number of amides is 1. The highest BCUT2D eigenvalue weighted by Gasteiger charge is 2.26. The van der Waals surface area contributed by atoms with Gasteiger partial charge in [0.25, 0.3) is 0 Å². The van der Waals surface area contributed by atoms with Gasteiger partial charge in [-0.25, -0.2) is 0 Å². The molecule has 29 heavy (non-hydrogen) atoms. The Balaban J connectivity index is 1.44. The van der Waals surface area contributed by atoms with Gasteiger partial charge in [0.15, 0.2) is 0 Å². The molecule has 2 heterocycles. The zero-order chi connectivity index (χ0) is 20.5. The van der Waals surface area contributed by atoms with Gasteiger partial charge in [-0.2, -0.15) is 0 Å². The SMILES string of the molecule is Cc1ccc(CNC(=O)Cn2c(C)cc(-c3nnc(C4CCC4)o3)c2C)cc1C. The number of carbonyl (C=O) groups is 1. The Labute approximate surface area is 171 Å². The number of nitrogens with zero attached hydrogens (tertiary/aromatic N) is 3. The predicted molar refractivity (Wildman–Crippen MR) is 112 cm³/mol. The first-order chi connectivity index (χ1) is 13.9. The highest BCUT2D eigenvalue weighted by molar-refractivity contribution is 5.76. The lowest BCUT2D eigenvalue weighted by Gasteiger charge is -2.20. The van der Waals surface area contributed by atoms with E-state index in [0.717, 1.165) is 41.2 Å². The minimum Gasteiger partial charge on any atom is -0.420 e. The van der Waals surface area contributed by atoms with Crippen LogP contribution in [0.4, 0.5) is 0 Å². The van der Waals surface area contributed by atoms with E-state index in [1.165, 1.54) is 17.5 Å². The van der Waals surface area contributed by atoms with Crippen LogP contribution in [0.3, 0.4) is 0 Å². The van der Waals surface area contributed by atoms with Crippen LogP contribution in [-0.2, 0) is 17.9 Å². The van der Waals surface area contributed by atoms with Gasteiger partial charge in [-0.1, -0.05) is 24.6 Å². The van der Waals surface area contributed by atoms with Crippen LogP contribution in [0.5, 0.6) is 0 Å². The van der Waals surface area contributed by atoms with Gasteiger partial charge in [0.05, 0.1) is 5.56 Å². The Morgan fingerprint density at radius 2 is 1.93 bits per heavy atom. The van der Waals surface area contributed by atoms with Crippen molar-refractivity contribution in [3.63, 3.8) is 0 Å². The Morgan fingerprint density at radius 3 is 2.62 bits per heavy atom. The van der Waals surface area contributed by atoms with Gasteiger partial charge in [-0.05, 0) is 63.3 Å². The lowest BCUT2D eigenvalue weighted by Crippen LogP contribution is -2.27. The quantitative estimate of drug-likeness (QED) is 0.677. The number of rotatable bonds is 6. The van der Waals surface area contributed by atoms with Crippen LogP contribution in [0.1, 0.15) is 59.1 Å². The highest BCUT2D eigenvalue weighted by atomic mass is 16.4. The van der Waals surface area contributed by atoms with Gasteiger partial charge >= 0.3 is 0 Å². The van der Waals surface area contributed by atoms with Crippen molar-refractivity contribution in [1.29, 1.82) is 0 Å². The molecule has 6 nitrogen and oxygen atoms in total. The Hall–Kier alpha value is -2.89. The first-order valence-corrected chi connectivity index (χ1v) is 10.3. The van der Waals surface area contributed by atoms with Crippen LogP contribution in [0.2, 0.25) is 0 Å². The standard InChI is InChI=1S/C23H28N4O2/c1-14-8-9-18(10-15(14)2)12-24-21(28)13-27-16(3)11-20(17(27)4)23-26-25-22(29-23)19-6-5-7-19/h8-11,19H,5-7,12-13H2,1-4H3,(H,24,28). The Bertz CT molecular complexity index is 1040. The number of carbonyl (C=O) groups excluding carboxylic acids is 1. The summed E-state index contributed by atoms with van der Waals surface area (Å²) in [7, 11) is 0. The molecule has 1 amide bonds. The van der Waals surface area contributed by atoms with Gasteiger partial charge in [-0.3, -0.25) is 4.79 Å². The summed E-state index contributed by atoms with van der Waals surface area (Å²) in [6.45, 7) is 8.96. The average molecular weight is 393 g/mol. The van der Waals surface area contributed by atoms with Crippen molar-refractivity contribution in [2.45, 2.75) is 66.0 Å². The summed E-state index contributed by atoms with van der Waals surface area (Å²) < 4.78 is 7.92. The summed E-state index contributed by atoms with van der Waals surface area (Å²) in [5.41, 5.74) is 6.47. The molecule has 0 spiro atoms. The molecular formula is C23H28N4O2. The number of hydrogen-bond acceptors (Lipinski definition) is 4. The molecule has 152 valence electrons. The van der Waals surface area contributed by atoms with E-state index in [1.807, 2.05) is 24.5 Å². The molecule has 1 aromatic carbocycles. The fourth-order valence-electron chi connectivity index (χ4n) is 3.74. The molecule has 1 fully saturated rings. The fourth-order valence-corrected chi connectivity index (χ4v) is 3.74. The van der Waals surface area contributed by atoms with Crippen molar-refractivity contribution in [3.05, 3.63) is 58.2 Å². The number of benzene rings is 1. The molecule has 2 aromatic heterocycles. The summed E-state index contributed by atoms with van der Waals surface area (Å²) in [5, 5.41) is 11.5. The maximum atomic E-state index is 12.5. The first kappa shape index (κ1) is 19.4. The van der Waals surface area contributed by atoms with E-state index < -0.39 is 0 Å². The van der Waals surface area contributed by atoms with E-state index >= 15 is 0 Å². The van der Waals surface area contributed by atoms with Crippen molar-refractivity contribution in [2.24, 2.45) is 0 Å². The maximum absolute atomic E-state index is 12.5. The molecular weight excluding hydrogens is 364 g/mol. The maximum Gasteiger partial charge on any atom is 0.249 e. The predicted octanol–water partition coefficient (Wildman–Crippen LogP) is 4.36. The molecule has 6 heteroatoms. The second kappa shape index (κ2) is 7.85. The third kappa shape index (κ3) is 3.97. The van der Waals surface area contributed by atoms with Crippen molar-refractivity contribution in [1.82, 2.24) is 20.1 Å². The Morgan fingerprint density at radius 1 is 1.14 bits per heavy atom. The van der Waals surface area contributed by atoms with Gasteiger partial charge in [0.1, 0.15) is 6.54 Å². The van der Waals surface area contributed by atoms with Crippen molar-refractivity contribution >= 4 is 5.91 Å². The molecule has 1 aliphatic carbocycles. The second-order valence-electron chi connectivity index (χ2n) is 8.14. The first-order valence-electron chi connectivity index (χ1n) is 10.3. The van der Waals surface area contributed by atoms with Gasteiger partial charge in [0, 0.05) is 23.9 Å². The molecule has 3 aromatic rings. The van der Waals surface area contributed by atoms with Crippen LogP contribution in [-0.4, -0.2) is 20.7 Å². The zero-order valence-corrected chi connectivity index (χ0v) is 17.6. The van der Waals surface area contributed by atoms with Crippen molar-refractivity contribution in [2.75, 3.05) is 0 Å². The second-order valence-corrected chi connectivity index (χ2v) is 8.14. The van der Waals surface area contributed by atoms with Crippen molar-refractivity contribution < 1.29 is 9.21 Å². The van der Waals surface area contributed by atoms with E-state index in [0.29, 0.717) is 18.4 Å². The van der Waals surface area contributed by atoms with Crippen LogP contribution in [0, 0.1) is 27.7 Å². The van der Waals surface area contributed by atoms with E-state index in [4.69, 9.17) is 4.42 Å². The molecule has 0 aliphatic heterocycles. The molecule has 0 atom stereocenters. The molecule has 0 radical (unpaired) electrons. The third-order valence-electron chi connectivity index (χ3n) is 6.06. The minimum atomic E-state index is -0.0164. The number of nitrogens with one attached hydrogen (secondary N) is 1. The van der Waals surface area contributed by atoms with Crippen LogP contribution < -0.4 is 5.32 Å². The highest BCUT2D eigenvalue weighted by Crippen LogP contribution is 2.37. The molecule has 1 aliphatic rings. The zero-order valence-electron chi connectivity index (χ0n) is 17.6. The van der Waals surface area contributed by atoms with Crippen LogP contribution in [0.15, 0.2) is 28.7 Å². The number of aromatic nitrogens is 3. The lowest BCUT2D eigenvalue weighted by molar-refractivity contribution is -0.121. The van der Waals surface area contributed by atoms with Gasteiger partial charge < -0.3 is 14.3 Å². The van der Waals surface area contributed by atoms with Crippen LogP contribution >= 0.6 is 0 Å². The molecule has 4 rings (SSSR count). The summed E-state index contributed by atoms with van der Waals surface area (Å²) in [6, 6.07) is 8.28. The number of hydrogen-bond donors (Lipinski definition) is 1. The smallest absolute Gasteiger partial charge is 0.249 e. The van der Waals surface area contributed by atoms with E-state index in [9.17, 15) is 4.79 Å². The largest absolute Gasteiger partial charge is 0.420 e.